The number of hydrogen-bond donors (Lipinski definition) is 4. The molecule has 1 aromatic rings. The third-order valence-electron chi connectivity index (χ3n) is 1.97. The van der Waals surface area contributed by atoms with Crippen molar-refractivity contribution in [1.29, 1.82) is 0 Å². The molecule has 1 unspecified atom stereocenters. The molecule has 0 saturated heterocycles. The van der Waals surface area contributed by atoms with Crippen LogP contribution in [0, 0.1) is 0 Å². The summed E-state index contributed by atoms with van der Waals surface area (Å²) < 4.78 is 0. The highest BCUT2D eigenvalue weighted by Crippen LogP contribution is 2.26. The first kappa shape index (κ1) is 14.1. The lowest BCUT2D eigenvalue weighted by Crippen LogP contribution is -2.17. The average molecular weight is 277 g/mol. The molecule has 0 aliphatic carbocycles. The summed E-state index contributed by atoms with van der Waals surface area (Å²) in [7, 11) is 0. The highest BCUT2D eigenvalue weighted by atomic mass is 35.5. The van der Waals surface area contributed by atoms with Gasteiger partial charge in [-0.3, -0.25) is 0 Å². The van der Waals surface area contributed by atoms with E-state index in [4.69, 9.17) is 27.6 Å². The van der Waals surface area contributed by atoms with E-state index in [1.54, 1.807) is 18.2 Å². The van der Waals surface area contributed by atoms with Crippen LogP contribution in [0.25, 0.3) is 0 Å². The van der Waals surface area contributed by atoms with Crippen molar-refractivity contribution in [2.45, 2.75) is 11.0 Å². The average Bonchev–Trinajstić information content (AvgIpc) is 2.35. The van der Waals surface area contributed by atoms with Gasteiger partial charge in [-0.1, -0.05) is 16.8 Å². The van der Waals surface area contributed by atoms with Gasteiger partial charge in [0.05, 0.1) is 12.7 Å². The summed E-state index contributed by atoms with van der Waals surface area (Å²) >= 11 is 7.12. The Morgan fingerprint density at radius 2 is 2.24 bits per heavy atom. The summed E-state index contributed by atoms with van der Waals surface area (Å²) in [5.41, 5.74) is 6.05. The molecule has 1 aromatic carbocycles. The van der Waals surface area contributed by atoms with Gasteiger partial charge >= 0.3 is 0 Å². The van der Waals surface area contributed by atoms with Gasteiger partial charge in [0.1, 0.15) is 0 Å². The van der Waals surface area contributed by atoms with Crippen LogP contribution in [-0.2, 0) is 0 Å². The van der Waals surface area contributed by atoms with Crippen LogP contribution in [0.15, 0.2) is 28.3 Å². The van der Waals surface area contributed by atoms with E-state index in [-0.39, 0.29) is 12.4 Å². The van der Waals surface area contributed by atoms with E-state index in [1.807, 2.05) is 0 Å². The van der Waals surface area contributed by atoms with E-state index in [0.717, 1.165) is 0 Å². The monoisotopic (exact) mass is 276 g/mol. The Bertz CT molecular complexity index is 415. The molecule has 94 valence electrons. The molecule has 5 N–H and O–H groups in total. The lowest BCUT2D eigenvalue weighted by molar-refractivity contribution is 0.113. The molecule has 0 bridgehead atoms. The Morgan fingerprint density at radius 3 is 2.82 bits per heavy atom. The number of rotatable bonds is 5. The SMILES string of the molecule is NC(=NO)c1ccc(Cl)cc1SCC(O)CO. The Hall–Kier alpha value is -0.950. The summed E-state index contributed by atoms with van der Waals surface area (Å²) in [5, 5.41) is 30.0. The van der Waals surface area contributed by atoms with Crippen molar-refractivity contribution < 1.29 is 15.4 Å². The van der Waals surface area contributed by atoms with E-state index < -0.39 is 6.10 Å². The van der Waals surface area contributed by atoms with Crippen LogP contribution >= 0.6 is 23.4 Å². The Morgan fingerprint density at radius 1 is 1.53 bits per heavy atom. The molecule has 0 amide bonds. The topological polar surface area (TPSA) is 99.1 Å². The minimum Gasteiger partial charge on any atom is -0.409 e. The zero-order valence-electron chi connectivity index (χ0n) is 8.88. The molecule has 1 atom stereocenters. The number of thioether (sulfide) groups is 1. The number of nitrogens with two attached hydrogens (primary N) is 1. The second-order valence-electron chi connectivity index (χ2n) is 3.27. The van der Waals surface area contributed by atoms with E-state index in [2.05, 4.69) is 5.16 Å². The van der Waals surface area contributed by atoms with Gasteiger partial charge in [0, 0.05) is 21.2 Å². The van der Waals surface area contributed by atoms with Crippen LogP contribution in [0.5, 0.6) is 0 Å². The number of nitrogens with zero attached hydrogens (tertiary/aromatic N) is 1. The molecule has 1 rings (SSSR count). The number of amidine groups is 1. The maximum absolute atomic E-state index is 9.26. The van der Waals surface area contributed by atoms with Crippen molar-refractivity contribution >= 4 is 29.2 Å². The summed E-state index contributed by atoms with van der Waals surface area (Å²) in [6, 6.07) is 4.91. The standard InChI is InChI=1S/C10H13ClN2O3S/c11-6-1-2-8(10(12)13-16)9(3-6)17-5-7(15)4-14/h1-3,7,14-16H,4-5H2,(H2,12,13). The molecular formula is C10H13ClN2O3S. The zero-order chi connectivity index (χ0) is 12.8. The van der Waals surface area contributed by atoms with E-state index >= 15 is 0 Å². The van der Waals surface area contributed by atoms with Crippen molar-refractivity contribution in [2.24, 2.45) is 10.9 Å². The maximum Gasteiger partial charge on any atom is 0.171 e. The molecule has 0 heterocycles. The minimum absolute atomic E-state index is 0.0253. The first-order chi connectivity index (χ1) is 8.08. The van der Waals surface area contributed by atoms with Crippen molar-refractivity contribution in [2.75, 3.05) is 12.4 Å². The molecule has 17 heavy (non-hydrogen) atoms. The normalized spacial score (nSPS) is 13.7. The van der Waals surface area contributed by atoms with Gasteiger partial charge in [0.2, 0.25) is 0 Å². The first-order valence-corrected chi connectivity index (χ1v) is 6.14. The fraction of sp³-hybridized carbons (Fsp3) is 0.300. The molecule has 0 saturated carbocycles. The summed E-state index contributed by atoms with van der Waals surface area (Å²) in [4.78, 5) is 0.681. The van der Waals surface area contributed by atoms with Crippen LogP contribution in [0.4, 0.5) is 0 Å². The van der Waals surface area contributed by atoms with Crippen LogP contribution < -0.4 is 5.73 Å². The number of aliphatic hydroxyl groups is 2. The molecule has 7 heteroatoms. The van der Waals surface area contributed by atoms with E-state index in [0.29, 0.717) is 21.2 Å². The Kier molecular flexibility index (Phi) is 5.57. The Balaban J connectivity index is 2.91. The van der Waals surface area contributed by atoms with Gasteiger partial charge in [-0.25, -0.2) is 0 Å². The van der Waals surface area contributed by atoms with Gasteiger partial charge in [0.25, 0.3) is 0 Å². The fourth-order valence-corrected chi connectivity index (χ4v) is 2.37. The van der Waals surface area contributed by atoms with Gasteiger partial charge in [-0.2, -0.15) is 0 Å². The van der Waals surface area contributed by atoms with Crippen molar-refractivity contribution in [3.05, 3.63) is 28.8 Å². The van der Waals surface area contributed by atoms with Crippen LogP contribution in [0.1, 0.15) is 5.56 Å². The lowest BCUT2D eigenvalue weighted by atomic mass is 10.2. The molecular weight excluding hydrogens is 264 g/mol. The molecule has 0 aliphatic heterocycles. The zero-order valence-corrected chi connectivity index (χ0v) is 10.4. The predicted molar refractivity (Wildman–Crippen MR) is 67.8 cm³/mol. The smallest absolute Gasteiger partial charge is 0.171 e. The lowest BCUT2D eigenvalue weighted by Gasteiger charge is -2.10. The largest absolute Gasteiger partial charge is 0.409 e. The predicted octanol–water partition coefficient (Wildman–Crippen LogP) is 0.880. The summed E-state index contributed by atoms with van der Waals surface area (Å²) in [6.45, 7) is -0.313. The number of aliphatic hydroxyl groups excluding tert-OH is 2. The third kappa shape index (κ3) is 4.08. The second kappa shape index (κ2) is 6.70. The van der Waals surface area contributed by atoms with Gasteiger partial charge in [-0.05, 0) is 18.2 Å². The minimum atomic E-state index is -0.820. The molecule has 0 aliphatic rings. The first-order valence-electron chi connectivity index (χ1n) is 4.77. The number of oxime groups is 1. The van der Waals surface area contributed by atoms with Gasteiger partial charge < -0.3 is 21.2 Å². The number of hydrogen-bond acceptors (Lipinski definition) is 5. The van der Waals surface area contributed by atoms with Crippen LogP contribution in [0.2, 0.25) is 5.02 Å². The summed E-state index contributed by atoms with van der Waals surface area (Å²) in [5.74, 6) is 0.269. The quantitative estimate of drug-likeness (QED) is 0.210. The number of benzene rings is 1. The second-order valence-corrected chi connectivity index (χ2v) is 4.77. The third-order valence-corrected chi connectivity index (χ3v) is 3.40. The van der Waals surface area contributed by atoms with Crippen molar-refractivity contribution in [3.8, 4) is 0 Å². The molecule has 0 spiro atoms. The molecule has 0 fully saturated rings. The number of halogens is 1. The van der Waals surface area contributed by atoms with Crippen LogP contribution in [0.3, 0.4) is 0 Å². The fourth-order valence-electron chi connectivity index (χ4n) is 1.12. The van der Waals surface area contributed by atoms with Crippen LogP contribution in [-0.4, -0.2) is 39.7 Å². The highest BCUT2D eigenvalue weighted by molar-refractivity contribution is 7.99. The molecule has 0 aromatic heterocycles. The van der Waals surface area contributed by atoms with E-state index in [9.17, 15) is 5.11 Å². The van der Waals surface area contributed by atoms with Gasteiger partial charge in [-0.15, -0.1) is 11.8 Å². The highest BCUT2D eigenvalue weighted by Gasteiger charge is 2.10. The van der Waals surface area contributed by atoms with Crippen molar-refractivity contribution in [1.82, 2.24) is 0 Å². The molecule has 5 nitrogen and oxygen atoms in total. The Labute approximate surface area is 108 Å². The summed E-state index contributed by atoms with van der Waals surface area (Å²) in [6.07, 6.45) is -0.820. The molecule has 0 radical (unpaired) electrons. The van der Waals surface area contributed by atoms with Crippen molar-refractivity contribution in [3.63, 3.8) is 0 Å². The maximum atomic E-state index is 9.26. The van der Waals surface area contributed by atoms with E-state index in [1.165, 1.54) is 11.8 Å². The van der Waals surface area contributed by atoms with Gasteiger partial charge in [0.15, 0.2) is 5.84 Å².